The predicted molar refractivity (Wildman–Crippen MR) is 84.6 cm³/mol. The number of phenols is 1. The van der Waals surface area contributed by atoms with Crippen LogP contribution in [-0.2, 0) is 16.0 Å². The Morgan fingerprint density at radius 2 is 1.60 bits per heavy atom. The van der Waals surface area contributed by atoms with Crippen molar-refractivity contribution in [1.29, 1.82) is 0 Å². The lowest BCUT2D eigenvalue weighted by atomic mass is 10.0. The average Bonchev–Trinajstić information content (AvgIpc) is 2.61. The lowest BCUT2D eigenvalue weighted by Gasteiger charge is -2.22. The van der Waals surface area contributed by atoms with Crippen molar-refractivity contribution in [3.05, 3.63) is 29.8 Å². The molecule has 0 saturated carbocycles. The van der Waals surface area contributed by atoms with Gasteiger partial charge in [0.05, 0.1) is 6.61 Å². The van der Waals surface area contributed by atoms with Crippen LogP contribution < -0.4 is 5.73 Å². The number of aldehydes is 1. The number of carboxylic acids is 1. The maximum atomic E-state index is 10.4. The first kappa shape index (κ1) is 22.9. The number of hydrogen-bond donors (Lipinski definition) is 8. The van der Waals surface area contributed by atoms with Crippen LogP contribution in [-0.4, -0.2) is 85.1 Å². The van der Waals surface area contributed by atoms with E-state index in [4.69, 9.17) is 41.5 Å². The molecule has 0 aliphatic carbocycles. The van der Waals surface area contributed by atoms with Crippen LogP contribution in [0.1, 0.15) is 5.56 Å². The number of aliphatic carboxylic acids is 1. The molecule has 1 aromatic carbocycles. The molecule has 5 unspecified atom stereocenters. The van der Waals surface area contributed by atoms with Crippen LogP contribution in [0.4, 0.5) is 0 Å². The molecule has 0 fully saturated rings. The number of nitrogens with two attached hydrogens (primary N) is 1. The Labute approximate surface area is 143 Å². The van der Waals surface area contributed by atoms with Crippen LogP contribution in [0.5, 0.6) is 5.75 Å². The first-order chi connectivity index (χ1) is 11.6. The number of hydrogen-bond acceptors (Lipinski definition) is 9. The maximum Gasteiger partial charge on any atom is 0.320 e. The van der Waals surface area contributed by atoms with Crippen molar-refractivity contribution in [3.8, 4) is 5.75 Å². The van der Waals surface area contributed by atoms with E-state index in [-0.39, 0.29) is 18.5 Å². The highest BCUT2D eigenvalue weighted by Crippen LogP contribution is 2.10. The molecule has 0 saturated heterocycles. The summed E-state index contributed by atoms with van der Waals surface area (Å²) in [5.41, 5.74) is 6.12. The normalized spacial score (nSPS) is 16.6. The molecule has 142 valence electrons. The molecule has 0 heterocycles. The summed E-state index contributed by atoms with van der Waals surface area (Å²) in [6.07, 6.45) is -6.57. The van der Waals surface area contributed by atoms with Crippen molar-refractivity contribution in [3.63, 3.8) is 0 Å². The van der Waals surface area contributed by atoms with E-state index >= 15 is 0 Å². The van der Waals surface area contributed by atoms with E-state index < -0.39 is 43.0 Å². The van der Waals surface area contributed by atoms with Crippen LogP contribution in [0.15, 0.2) is 24.3 Å². The van der Waals surface area contributed by atoms with E-state index in [9.17, 15) is 9.59 Å². The molecule has 1 rings (SSSR count). The van der Waals surface area contributed by atoms with Crippen molar-refractivity contribution in [2.45, 2.75) is 36.9 Å². The van der Waals surface area contributed by atoms with Crippen molar-refractivity contribution in [2.75, 3.05) is 6.61 Å². The molecule has 25 heavy (non-hydrogen) atoms. The summed E-state index contributed by atoms with van der Waals surface area (Å²) in [5.74, 6) is -0.860. The topological polar surface area (TPSA) is 202 Å². The molecule has 0 amide bonds. The van der Waals surface area contributed by atoms with Crippen LogP contribution in [0, 0.1) is 0 Å². The minimum atomic E-state index is -1.79. The minimum absolute atomic E-state index is 0.0258. The Morgan fingerprint density at radius 3 is 2.00 bits per heavy atom. The zero-order valence-electron chi connectivity index (χ0n) is 13.2. The van der Waals surface area contributed by atoms with Gasteiger partial charge < -0.3 is 46.3 Å². The van der Waals surface area contributed by atoms with Gasteiger partial charge in [0.15, 0.2) is 6.29 Å². The standard InChI is InChI=1S/C9H11NO3.C6H12O6/c10-8(9(12)13)5-6-1-3-7(11)4-2-6;7-1-3(9)5(11)6(12)4(10)2-8/h1-4,8,11H,5,10H2,(H,12,13);1,3-6,8-12H,2H2. The molecule has 0 aliphatic rings. The third-order valence-corrected chi connectivity index (χ3v) is 3.13. The Bertz CT molecular complexity index is 522. The highest BCUT2D eigenvalue weighted by atomic mass is 16.4. The van der Waals surface area contributed by atoms with Gasteiger partial charge >= 0.3 is 5.97 Å². The molecule has 0 aliphatic heterocycles. The molecule has 0 radical (unpaired) electrons. The summed E-state index contributed by atoms with van der Waals surface area (Å²) in [6.45, 7) is -0.760. The summed E-state index contributed by atoms with van der Waals surface area (Å²) in [4.78, 5) is 20.3. The summed E-state index contributed by atoms with van der Waals surface area (Å²) in [7, 11) is 0. The largest absolute Gasteiger partial charge is 0.508 e. The van der Waals surface area contributed by atoms with Crippen molar-refractivity contribution in [2.24, 2.45) is 5.73 Å². The smallest absolute Gasteiger partial charge is 0.320 e. The molecule has 5 atom stereocenters. The van der Waals surface area contributed by atoms with Gasteiger partial charge in [-0.25, -0.2) is 0 Å². The fourth-order valence-corrected chi connectivity index (χ4v) is 1.59. The van der Waals surface area contributed by atoms with Gasteiger partial charge in [0.2, 0.25) is 0 Å². The van der Waals surface area contributed by atoms with Crippen molar-refractivity contribution < 1.29 is 45.3 Å². The van der Waals surface area contributed by atoms with Crippen LogP contribution >= 0.6 is 0 Å². The van der Waals surface area contributed by atoms with Crippen molar-refractivity contribution >= 4 is 12.3 Å². The summed E-state index contributed by atoms with van der Waals surface area (Å²) in [6, 6.07) is 5.42. The molecule has 0 spiro atoms. The predicted octanol–water partition coefficient (Wildman–Crippen LogP) is -3.03. The summed E-state index contributed by atoms with van der Waals surface area (Å²) in [5, 5.41) is 61.0. The lowest BCUT2D eigenvalue weighted by molar-refractivity contribution is -0.138. The lowest BCUT2D eigenvalue weighted by Crippen LogP contribution is -2.46. The monoisotopic (exact) mass is 361 g/mol. The number of aliphatic hydroxyl groups is 5. The molecule has 10 heteroatoms. The summed E-state index contributed by atoms with van der Waals surface area (Å²) >= 11 is 0. The number of carbonyl (C=O) groups is 2. The number of benzene rings is 1. The number of carboxylic acid groups (broad SMARTS) is 1. The average molecular weight is 361 g/mol. The summed E-state index contributed by atoms with van der Waals surface area (Å²) < 4.78 is 0. The number of aromatic hydroxyl groups is 1. The molecule has 1 aromatic rings. The molecular formula is C15H23NO9. The highest BCUT2D eigenvalue weighted by Gasteiger charge is 2.29. The third-order valence-electron chi connectivity index (χ3n) is 3.13. The van der Waals surface area contributed by atoms with Gasteiger partial charge in [0, 0.05) is 0 Å². The van der Waals surface area contributed by atoms with E-state index in [1.165, 1.54) is 12.1 Å². The van der Waals surface area contributed by atoms with Crippen LogP contribution in [0.25, 0.3) is 0 Å². The van der Waals surface area contributed by atoms with E-state index in [2.05, 4.69) is 0 Å². The fourth-order valence-electron chi connectivity index (χ4n) is 1.59. The van der Waals surface area contributed by atoms with Gasteiger partial charge in [0.1, 0.15) is 36.2 Å². The number of carbonyl (C=O) groups excluding carboxylic acids is 1. The first-order valence-electron chi connectivity index (χ1n) is 7.18. The van der Waals surface area contributed by atoms with E-state index in [1.54, 1.807) is 12.1 Å². The quantitative estimate of drug-likeness (QED) is 0.220. The Kier molecular flexibility index (Phi) is 10.5. The van der Waals surface area contributed by atoms with Gasteiger partial charge in [-0.05, 0) is 24.1 Å². The number of rotatable bonds is 8. The van der Waals surface area contributed by atoms with Crippen LogP contribution in [0.3, 0.4) is 0 Å². The van der Waals surface area contributed by atoms with Gasteiger partial charge in [0.25, 0.3) is 0 Å². The second-order valence-corrected chi connectivity index (χ2v) is 5.17. The molecule has 10 nitrogen and oxygen atoms in total. The zero-order chi connectivity index (χ0) is 19.6. The second kappa shape index (κ2) is 11.5. The van der Waals surface area contributed by atoms with Gasteiger partial charge in [-0.1, -0.05) is 12.1 Å². The number of aliphatic hydroxyl groups excluding tert-OH is 5. The Balaban J connectivity index is 0.000000463. The fraction of sp³-hybridized carbons (Fsp3) is 0.467. The van der Waals surface area contributed by atoms with E-state index in [0.717, 1.165) is 5.56 Å². The van der Waals surface area contributed by atoms with Crippen molar-refractivity contribution in [1.82, 2.24) is 0 Å². The Morgan fingerprint density at radius 1 is 1.08 bits per heavy atom. The van der Waals surface area contributed by atoms with Gasteiger partial charge in [-0.15, -0.1) is 0 Å². The molecule has 9 N–H and O–H groups in total. The SMILES string of the molecule is NC(Cc1ccc(O)cc1)C(=O)O.O=CC(O)C(O)C(O)C(O)CO. The molecule has 0 aromatic heterocycles. The Hall–Kier alpha value is -2.08. The van der Waals surface area contributed by atoms with E-state index in [1.807, 2.05) is 0 Å². The third kappa shape index (κ3) is 8.54. The minimum Gasteiger partial charge on any atom is -0.508 e. The maximum absolute atomic E-state index is 10.4. The zero-order valence-corrected chi connectivity index (χ0v) is 13.2. The molecular weight excluding hydrogens is 338 g/mol. The molecule has 0 bridgehead atoms. The first-order valence-corrected chi connectivity index (χ1v) is 7.18. The van der Waals surface area contributed by atoms with E-state index in [0.29, 0.717) is 0 Å². The second-order valence-electron chi connectivity index (χ2n) is 5.17. The van der Waals surface area contributed by atoms with Gasteiger partial charge in [-0.2, -0.15) is 0 Å². The highest BCUT2D eigenvalue weighted by molar-refractivity contribution is 5.73. The van der Waals surface area contributed by atoms with Gasteiger partial charge in [-0.3, -0.25) is 4.79 Å². The van der Waals surface area contributed by atoms with Crippen LogP contribution in [0.2, 0.25) is 0 Å². The number of phenolic OH excluding ortho intramolecular Hbond substituents is 1.